The van der Waals surface area contributed by atoms with Crippen LogP contribution < -0.4 is 9.80 Å². The van der Waals surface area contributed by atoms with Crippen molar-refractivity contribution in [2.75, 3.05) is 9.80 Å². The van der Waals surface area contributed by atoms with E-state index in [1.54, 1.807) is 0 Å². The molecule has 2 nitrogen and oxygen atoms in total. The van der Waals surface area contributed by atoms with Gasteiger partial charge in [-0.15, -0.1) is 0 Å². The van der Waals surface area contributed by atoms with E-state index >= 15 is 0 Å². The van der Waals surface area contributed by atoms with Gasteiger partial charge in [-0.3, -0.25) is 0 Å². The summed E-state index contributed by atoms with van der Waals surface area (Å²) < 4.78 is 0. The molecule has 0 aliphatic heterocycles. The van der Waals surface area contributed by atoms with Gasteiger partial charge in [0.05, 0.1) is 11.4 Å². The molecule has 0 atom stereocenters. The summed E-state index contributed by atoms with van der Waals surface area (Å²) in [5.41, 5.74) is 16.6. The van der Waals surface area contributed by atoms with Gasteiger partial charge < -0.3 is 9.80 Å². The highest BCUT2D eigenvalue weighted by Gasteiger charge is 2.43. The van der Waals surface area contributed by atoms with Crippen LogP contribution in [-0.2, 0) is 10.8 Å². The minimum absolute atomic E-state index is 0.343. The summed E-state index contributed by atoms with van der Waals surface area (Å²) in [6.07, 6.45) is 0. The van der Waals surface area contributed by atoms with E-state index in [-0.39, 0.29) is 10.8 Å². The van der Waals surface area contributed by atoms with Crippen molar-refractivity contribution < 1.29 is 0 Å². The van der Waals surface area contributed by atoms with Crippen LogP contribution in [0.1, 0.15) is 72.2 Å². The first-order valence-electron chi connectivity index (χ1n) is 24.2. The predicted octanol–water partition coefficient (Wildman–Crippen LogP) is 18.6. The lowest BCUT2D eigenvalue weighted by Crippen LogP contribution is -2.36. The van der Waals surface area contributed by atoms with Gasteiger partial charge in [0.25, 0.3) is 0 Å². The van der Waals surface area contributed by atoms with Crippen LogP contribution in [-0.4, -0.2) is 0 Å². The van der Waals surface area contributed by atoms with Gasteiger partial charge in [0.1, 0.15) is 0 Å². The average Bonchev–Trinajstić information content (AvgIpc) is 3.35. The number of hydrogen-bond acceptors (Lipinski definition) is 2. The Labute approximate surface area is 400 Å². The molecule has 0 N–H and O–H groups in total. The number of benzene rings is 11. The van der Waals surface area contributed by atoms with Crippen LogP contribution >= 0.6 is 0 Å². The minimum atomic E-state index is -0.343. The number of nitrogens with zero attached hydrogens (tertiary/aromatic N) is 2. The van der Waals surface area contributed by atoms with Gasteiger partial charge in [-0.2, -0.15) is 0 Å². The summed E-state index contributed by atoms with van der Waals surface area (Å²) in [5.74, 6) is 0. The van der Waals surface area contributed by atoms with Crippen molar-refractivity contribution in [1.82, 2.24) is 0 Å². The molecule has 12 rings (SSSR count). The zero-order valence-corrected chi connectivity index (χ0v) is 40.4. The summed E-state index contributed by atoms with van der Waals surface area (Å²) in [4.78, 5) is 5.03. The third kappa shape index (κ3) is 6.38. The molecule has 0 aromatic heterocycles. The fourth-order valence-corrected chi connectivity index (χ4v) is 11.6. The fourth-order valence-electron chi connectivity index (χ4n) is 11.6. The molecule has 0 fully saturated rings. The zero-order valence-electron chi connectivity index (χ0n) is 40.4. The Bertz CT molecular complexity index is 3460. The second kappa shape index (κ2) is 15.4. The molecule has 0 unspecified atom stereocenters. The molecule has 0 saturated carbocycles. The first-order valence-corrected chi connectivity index (χ1v) is 24.2. The first kappa shape index (κ1) is 41.7. The number of aryl methyl sites for hydroxylation is 4. The summed E-state index contributed by atoms with van der Waals surface area (Å²) in [5, 5.41) is 12.7. The lowest BCUT2D eigenvalue weighted by molar-refractivity contribution is 0.523. The lowest BCUT2D eigenvalue weighted by Gasteiger charge is -2.45. The Kier molecular flexibility index (Phi) is 9.47. The van der Waals surface area contributed by atoms with Crippen LogP contribution in [0.5, 0.6) is 0 Å². The van der Waals surface area contributed by atoms with E-state index in [9.17, 15) is 0 Å². The molecule has 2 heteroatoms. The zero-order chi connectivity index (χ0) is 46.6. The second-order valence-corrected chi connectivity index (χ2v) is 20.5. The number of hydrogen-bond donors (Lipinski definition) is 0. The summed E-state index contributed by atoms with van der Waals surface area (Å²) in [6.45, 7) is 18.5. The topological polar surface area (TPSA) is 6.48 Å². The molecule has 1 aliphatic rings. The molecular weight excluding hydrogens is 821 g/mol. The summed E-state index contributed by atoms with van der Waals surface area (Å²) in [6, 6.07) is 73.6. The smallest absolute Gasteiger partial charge is 0.0620 e. The molecular formula is C66H56N2. The third-order valence-electron chi connectivity index (χ3n) is 15.3. The van der Waals surface area contributed by atoms with Gasteiger partial charge in [0, 0.05) is 55.1 Å². The van der Waals surface area contributed by atoms with Crippen LogP contribution in [0.2, 0.25) is 0 Å². The van der Waals surface area contributed by atoms with Crippen molar-refractivity contribution in [3.8, 4) is 0 Å². The van der Waals surface area contributed by atoms with E-state index in [4.69, 9.17) is 0 Å². The van der Waals surface area contributed by atoms with Crippen molar-refractivity contribution in [3.05, 3.63) is 239 Å². The van der Waals surface area contributed by atoms with Crippen LogP contribution in [0.15, 0.2) is 194 Å². The highest BCUT2D eigenvalue weighted by atomic mass is 15.2. The van der Waals surface area contributed by atoms with Gasteiger partial charge in [-0.05, 0) is 155 Å². The molecule has 0 amide bonds. The molecule has 0 spiro atoms. The Morgan fingerprint density at radius 2 is 0.471 bits per heavy atom. The standard InChI is InChI=1S/C66H56N2/c1-41-21-29-45(30-22-41)67(46-31-23-42(2)24-32-46)63-53-19-13-14-20-54(53)64(68(47-33-25-43(3)26-34-47)48-35-27-44(4)28-36-48)58-40-62-61(39-57(58)63)65(5,6)59-37-55-51-17-11-9-15-49(51)50-16-10-12-18-52(50)56(55)38-60(59)66(62,7)8/h9-40H,1-8H3. The van der Waals surface area contributed by atoms with E-state index in [1.165, 1.54) is 110 Å². The Morgan fingerprint density at radius 3 is 0.735 bits per heavy atom. The van der Waals surface area contributed by atoms with E-state index in [0.29, 0.717) is 0 Å². The average molecular weight is 877 g/mol. The molecule has 330 valence electrons. The monoisotopic (exact) mass is 876 g/mol. The summed E-state index contributed by atoms with van der Waals surface area (Å²) >= 11 is 0. The van der Waals surface area contributed by atoms with Crippen LogP contribution in [0.3, 0.4) is 0 Å². The molecule has 11 aromatic carbocycles. The van der Waals surface area contributed by atoms with Gasteiger partial charge in [-0.25, -0.2) is 0 Å². The molecule has 0 heterocycles. The van der Waals surface area contributed by atoms with Crippen LogP contribution in [0.4, 0.5) is 34.1 Å². The Balaban J connectivity index is 1.25. The van der Waals surface area contributed by atoms with Crippen LogP contribution in [0, 0.1) is 27.7 Å². The van der Waals surface area contributed by atoms with Gasteiger partial charge in [0.15, 0.2) is 0 Å². The van der Waals surface area contributed by atoms with Gasteiger partial charge >= 0.3 is 0 Å². The SMILES string of the molecule is Cc1ccc(N(c2ccc(C)cc2)c2c3ccccc3c(N(c3ccc(C)cc3)c3ccc(C)cc3)c3cc4c(cc23)C(C)(C)c2cc3c5ccccc5c5ccccc5c3cc2C4(C)C)cc1. The largest absolute Gasteiger partial charge is 0.309 e. The van der Waals surface area contributed by atoms with Crippen molar-refractivity contribution in [2.45, 2.75) is 66.2 Å². The lowest BCUT2D eigenvalue weighted by atomic mass is 9.59. The minimum Gasteiger partial charge on any atom is -0.309 e. The predicted molar refractivity (Wildman–Crippen MR) is 293 cm³/mol. The first-order chi connectivity index (χ1) is 32.9. The maximum atomic E-state index is 2.60. The molecule has 0 saturated heterocycles. The fraction of sp³-hybridized carbons (Fsp3) is 0.152. The number of anilines is 6. The number of fused-ring (bicyclic) bond motifs is 10. The Morgan fingerprint density at radius 1 is 0.250 bits per heavy atom. The molecule has 0 bridgehead atoms. The molecule has 0 radical (unpaired) electrons. The van der Waals surface area contributed by atoms with E-state index in [0.717, 1.165) is 22.7 Å². The van der Waals surface area contributed by atoms with E-state index in [1.807, 2.05) is 0 Å². The van der Waals surface area contributed by atoms with Crippen molar-refractivity contribution in [1.29, 1.82) is 0 Å². The Hall–Kier alpha value is -7.68. The van der Waals surface area contributed by atoms with E-state index < -0.39 is 0 Å². The highest BCUT2D eigenvalue weighted by Crippen LogP contribution is 2.57. The highest BCUT2D eigenvalue weighted by molar-refractivity contribution is 6.26. The number of rotatable bonds is 6. The normalized spacial score (nSPS) is 13.8. The third-order valence-corrected chi connectivity index (χ3v) is 15.3. The maximum Gasteiger partial charge on any atom is 0.0620 e. The van der Waals surface area contributed by atoms with Gasteiger partial charge in [-0.1, -0.05) is 171 Å². The van der Waals surface area contributed by atoms with Crippen molar-refractivity contribution in [3.63, 3.8) is 0 Å². The van der Waals surface area contributed by atoms with Crippen molar-refractivity contribution in [2.24, 2.45) is 0 Å². The maximum absolute atomic E-state index is 2.60. The van der Waals surface area contributed by atoms with Gasteiger partial charge in [0.2, 0.25) is 0 Å². The summed E-state index contributed by atoms with van der Waals surface area (Å²) in [7, 11) is 0. The second-order valence-electron chi connectivity index (χ2n) is 20.5. The molecule has 1 aliphatic carbocycles. The quantitative estimate of drug-likeness (QED) is 0.0933. The molecule has 11 aromatic rings. The van der Waals surface area contributed by atoms with Crippen LogP contribution in [0.25, 0.3) is 53.9 Å². The van der Waals surface area contributed by atoms with E-state index in [2.05, 4.69) is 259 Å². The van der Waals surface area contributed by atoms with Crippen molar-refractivity contribution >= 4 is 88.0 Å². The molecule has 68 heavy (non-hydrogen) atoms.